The van der Waals surface area contributed by atoms with Gasteiger partial charge in [-0.25, -0.2) is 24.4 Å². The molecule has 1 aromatic carbocycles. The van der Waals surface area contributed by atoms with Gasteiger partial charge in [0.05, 0.1) is 17.0 Å². The van der Waals surface area contributed by atoms with Gasteiger partial charge in [0.15, 0.2) is 5.65 Å². The number of pyridine rings is 1. The molecule has 220 valence electrons. The largest absolute Gasteiger partial charge is 0.416 e. The molecule has 0 atom stereocenters. The average Bonchev–Trinajstić information content (AvgIpc) is 3.74. The Morgan fingerprint density at radius 1 is 1.02 bits per heavy atom. The molecule has 14 heteroatoms. The molecule has 1 saturated heterocycles. The van der Waals surface area contributed by atoms with Crippen molar-refractivity contribution in [3.63, 3.8) is 0 Å². The Labute approximate surface area is 239 Å². The number of nitrogens with zero attached hydrogens (tertiary/aromatic N) is 7. The SMILES string of the molecule is CCN1CCN(Cc2ccc(NC(=O)Nc3ccc(-c4nn(C5CC5)c5ncnc(N)c45)cn3)cc2C(F)(F)F)CC1. The minimum absolute atomic E-state index is 0.0311. The molecule has 0 spiro atoms. The maximum absolute atomic E-state index is 13.9. The van der Waals surface area contributed by atoms with E-state index < -0.39 is 17.8 Å². The van der Waals surface area contributed by atoms with E-state index in [0.717, 1.165) is 38.5 Å². The highest BCUT2D eigenvalue weighted by molar-refractivity contribution is 6.00. The first-order chi connectivity index (χ1) is 20.2. The van der Waals surface area contributed by atoms with Crippen LogP contribution in [0.3, 0.4) is 0 Å². The van der Waals surface area contributed by atoms with Gasteiger partial charge in [-0.1, -0.05) is 13.0 Å². The molecular weight excluding hydrogens is 549 g/mol. The molecule has 0 unspecified atom stereocenters. The Bertz CT molecular complexity index is 1590. The van der Waals surface area contributed by atoms with Crippen molar-refractivity contribution in [2.45, 2.75) is 38.5 Å². The van der Waals surface area contributed by atoms with Crippen LogP contribution < -0.4 is 16.4 Å². The summed E-state index contributed by atoms with van der Waals surface area (Å²) in [6, 6.07) is 6.75. The van der Waals surface area contributed by atoms with Crippen LogP contribution in [-0.2, 0) is 12.7 Å². The number of anilines is 3. The fourth-order valence-corrected chi connectivity index (χ4v) is 5.22. The third-order valence-corrected chi connectivity index (χ3v) is 7.67. The number of likely N-dealkylation sites (N-methyl/N-ethyl adjacent to an activating group) is 1. The number of hydrogen-bond donors (Lipinski definition) is 3. The summed E-state index contributed by atoms with van der Waals surface area (Å²) >= 11 is 0. The predicted molar refractivity (Wildman–Crippen MR) is 153 cm³/mol. The lowest BCUT2D eigenvalue weighted by Gasteiger charge is -2.34. The van der Waals surface area contributed by atoms with E-state index in [9.17, 15) is 18.0 Å². The molecule has 4 N–H and O–H groups in total. The number of fused-ring (bicyclic) bond motifs is 1. The molecule has 11 nitrogen and oxygen atoms in total. The summed E-state index contributed by atoms with van der Waals surface area (Å²) in [5.74, 6) is 0.525. The Hall–Kier alpha value is -4.30. The van der Waals surface area contributed by atoms with Crippen LogP contribution in [0.25, 0.3) is 22.3 Å². The Morgan fingerprint density at radius 2 is 1.79 bits per heavy atom. The predicted octanol–water partition coefficient (Wildman–Crippen LogP) is 4.61. The van der Waals surface area contributed by atoms with Gasteiger partial charge >= 0.3 is 12.2 Å². The van der Waals surface area contributed by atoms with Crippen molar-refractivity contribution in [2.24, 2.45) is 0 Å². The summed E-state index contributed by atoms with van der Waals surface area (Å²) in [5.41, 5.74) is 7.49. The monoisotopic (exact) mass is 580 g/mol. The van der Waals surface area contributed by atoms with Crippen molar-refractivity contribution in [3.8, 4) is 11.3 Å². The Morgan fingerprint density at radius 3 is 2.45 bits per heavy atom. The minimum Gasteiger partial charge on any atom is -0.383 e. The highest BCUT2D eigenvalue weighted by Gasteiger charge is 2.34. The topological polar surface area (TPSA) is 130 Å². The van der Waals surface area contributed by atoms with E-state index in [-0.39, 0.29) is 29.7 Å². The van der Waals surface area contributed by atoms with Crippen LogP contribution in [0.15, 0.2) is 42.9 Å². The van der Waals surface area contributed by atoms with Crippen molar-refractivity contribution in [1.29, 1.82) is 0 Å². The first-order valence-corrected chi connectivity index (χ1v) is 13.9. The van der Waals surface area contributed by atoms with Crippen molar-refractivity contribution in [1.82, 2.24) is 34.5 Å². The van der Waals surface area contributed by atoms with Crippen molar-refractivity contribution in [2.75, 3.05) is 49.1 Å². The molecule has 4 heterocycles. The van der Waals surface area contributed by atoms with E-state index in [4.69, 9.17) is 10.8 Å². The molecule has 1 aliphatic carbocycles. The summed E-state index contributed by atoms with van der Waals surface area (Å²) in [6.07, 6.45) is 0.417. The van der Waals surface area contributed by atoms with Crippen molar-refractivity contribution >= 4 is 34.4 Å². The second kappa shape index (κ2) is 11.2. The van der Waals surface area contributed by atoms with Crippen LogP contribution in [0.1, 0.15) is 36.9 Å². The number of amides is 2. The average molecular weight is 581 g/mol. The molecule has 2 amide bonds. The maximum atomic E-state index is 13.9. The van der Waals surface area contributed by atoms with Crippen LogP contribution >= 0.6 is 0 Å². The quantitative estimate of drug-likeness (QED) is 0.289. The molecule has 3 aromatic heterocycles. The van der Waals surface area contributed by atoms with Crippen LogP contribution in [0.4, 0.5) is 35.3 Å². The number of rotatable bonds is 7. The lowest BCUT2D eigenvalue weighted by molar-refractivity contribution is -0.138. The van der Waals surface area contributed by atoms with E-state index in [1.54, 1.807) is 12.1 Å². The second-order valence-electron chi connectivity index (χ2n) is 10.6. The molecule has 2 fully saturated rings. The molecule has 1 aliphatic heterocycles. The fraction of sp³-hybridized carbons (Fsp3) is 0.393. The van der Waals surface area contributed by atoms with Gasteiger partial charge in [-0.2, -0.15) is 18.3 Å². The Kier molecular flexibility index (Phi) is 7.41. The van der Waals surface area contributed by atoms with Gasteiger partial charge in [-0.05, 0) is 49.2 Å². The van der Waals surface area contributed by atoms with Crippen LogP contribution in [0.5, 0.6) is 0 Å². The maximum Gasteiger partial charge on any atom is 0.416 e. The normalized spacial score (nSPS) is 16.6. The molecule has 6 rings (SSSR count). The van der Waals surface area contributed by atoms with Gasteiger partial charge in [0.1, 0.15) is 23.7 Å². The van der Waals surface area contributed by atoms with Gasteiger partial charge in [0.2, 0.25) is 0 Å². The first kappa shape index (κ1) is 27.8. The van der Waals surface area contributed by atoms with E-state index in [2.05, 4.69) is 37.4 Å². The molecule has 0 radical (unpaired) electrons. The number of urea groups is 1. The number of nitrogens with one attached hydrogen (secondary N) is 2. The lowest BCUT2D eigenvalue weighted by Crippen LogP contribution is -2.45. The molecule has 4 aromatic rings. The number of hydrogen-bond acceptors (Lipinski definition) is 8. The summed E-state index contributed by atoms with van der Waals surface area (Å²) in [4.78, 5) is 29.7. The summed E-state index contributed by atoms with van der Waals surface area (Å²) in [7, 11) is 0. The summed E-state index contributed by atoms with van der Waals surface area (Å²) in [6.45, 7) is 6.27. The highest BCUT2D eigenvalue weighted by atomic mass is 19.4. The van der Waals surface area contributed by atoms with Crippen molar-refractivity contribution in [3.05, 3.63) is 54.0 Å². The number of nitrogens with two attached hydrogens (primary N) is 1. The number of halogens is 3. The number of carbonyl (C=O) groups excluding carboxylic acids is 1. The third-order valence-electron chi connectivity index (χ3n) is 7.67. The molecule has 1 saturated carbocycles. The number of nitrogen functional groups attached to an aromatic ring is 1. The van der Waals surface area contributed by atoms with E-state index in [1.165, 1.54) is 24.7 Å². The number of aromatic nitrogens is 5. The third kappa shape index (κ3) is 5.85. The van der Waals surface area contributed by atoms with E-state index in [1.807, 2.05) is 9.58 Å². The second-order valence-corrected chi connectivity index (χ2v) is 10.6. The van der Waals surface area contributed by atoms with Gasteiger partial charge in [-0.3, -0.25) is 10.2 Å². The van der Waals surface area contributed by atoms with Crippen LogP contribution in [0, 0.1) is 0 Å². The standard InChI is InChI=1S/C28H31F3N10O/c1-2-39-9-11-40(12-10-39)15-18-3-5-19(13-21(18)28(29,30)31)36-27(42)37-22-8-4-17(14-33-22)24-23-25(32)34-16-35-26(23)41(38-24)20-6-7-20/h3-5,8,13-14,16,20H,2,6-7,9-12,15H2,1H3,(H2,32,34,35)(H2,33,36,37,42). The molecule has 42 heavy (non-hydrogen) atoms. The zero-order valence-electron chi connectivity index (χ0n) is 23.0. The van der Waals surface area contributed by atoms with Crippen LogP contribution in [0.2, 0.25) is 0 Å². The zero-order valence-corrected chi connectivity index (χ0v) is 23.0. The molecule has 0 bridgehead atoms. The minimum atomic E-state index is -4.56. The fourth-order valence-electron chi connectivity index (χ4n) is 5.22. The summed E-state index contributed by atoms with van der Waals surface area (Å²) in [5, 5.41) is 10.4. The number of benzene rings is 1. The van der Waals surface area contributed by atoms with E-state index in [0.29, 0.717) is 41.2 Å². The number of alkyl halides is 3. The van der Waals surface area contributed by atoms with Gasteiger partial charge in [0, 0.05) is 50.2 Å². The van der Waals surface area contributed by atoms with Gasteiger partial charge < -0.3 is 16.0 Å². The molecular formula is C28H31F3N10O. The Balaban J connectivity index is 1.14. The van der Waals surface area contributed by atoms with Gasteiger partial charge in [-0.15, -0.1) is 0 Å². The first-order valence-electron chi connectivity index (χ1n) is 13.9. The number of piperazine rings is 1. The lowest BCUT2D eigenvalue weighted by atomic mass is 10.0. The zero-order chi connectivity index (χ0) is 29.4. The highest BCUT2D eigenvalue weighted by Crippen LogP contribution is 2.40. The smallest absolute Gasteiger partial charge is 0.383 e. The number of carbonyl (C=O) groups is 1. The van der Waals surface area contributed by atoms with Crippen molar-refractivity contribution < 1.29 is 18.0 Å². The van der Waals surface area contributed by atoms with Crippen LogP contribution in [-0.4, -0.2) is 73.3 Å². The summed E-state index contributed by atoms with van der Waals surface area (Å²) < 4.78 is 43.7. The van der Waals surface area contributed by atoms with Gasteiger partial charge in [0.25, 0.3) is 0 Å². The van der Waals surface area contributed by atoms with E-state index >= 15 is 0 Å². The molecule has 2 aliphatic rings.